The van der Waals surface area contributed by atoms with Gasteiger partial charge in [-0.1, -0.05) is 37.6 Å². The minimum atomic E-state index is 0.286. The maximum atomic E-state index is 6.06. The van der Waals surface area contributed by atoms with E-state index in [0.717, 1.165) is 18.7 Å². The smallest absolute Gasteiger partial charge is 0.146 e. The molecule has 2 aromatic rings. The van der Waals surface area contributed by atoms with Crippen molar-refractivity contribution >= 4 is 11.6 Å². The SMILES string of the molecule is CCNC(CC)c1ccc(Oc2ccccc2Cl)cn1. The highest BCUT2D eigenvalue weighted by atomic mass is 35.5. The van der Waals surface area contributed by atoms with Crippen molar-refractivity contribution in [1.82, 2.24) is 10.3 Å². The van der Waals surface area contributed by atoms with Crippen LogP contribution in [0.15, 0.2) is 42.6 Å². The summed E-state index contributed by atoms with van der Waals surface area (Å²) in [5, 5.41) is 4.00. The lowest BCUT2D eigenvalue weighted by Crippen LogP contribution is -2.20. The van der Waals surface area contributed by atoms with Crippen molar-refractivity contribution < 1.29 is 4.74 Å². The van der Waals surface area contributed by atoms with Crippen molar-refractivity contribution in [1.29, 1.82) is 0 Å². The summed E-state index contributed by atoms with van der Waals surface area (Å²) in [5.74, 6) is 1.33. The molecule has 0 radical (unpaired) electrons. The fraction of sp³-hybridized carbons (Fsp3) is 0.312. The third-order valence-corrected chi connectivity index (χ3v) is 3.35. The second-order valence-corrected chi connectivity index (χ2v) is 4.88. The number of halogens is 1. The summed E-state index contributed by atoms with van der Waals surface area (Å²) in [4.78, 5) is 4.46. The second kappa shape index (κ2) is 7.27. The number of ether oxygens (including phenoxy) is 1. The fourth-order valence-electron chi connectivity index (χ4n) is 2.02. The molecule has 1 aromatic carbocycles. The van der Waals surface area contributed by atoms with Gasteiger partial charge in [0.25, 0.3) is 0 Å². The normalized spacial score (nSPS) is 12.2. The van der Waals surface area contributed by atoms with Crippen molar-refractivity contribution in [2.75, 3.05) is 6.54 Å². The topological polar surface area (TPSA) is 34.1 Å². The Bertz CT molecular complexity index is 542. The highest BCUT2D eigenvalue weighted by Gasteiger charge is 2.09. The van der Waals surface area contributed by atoms with Crippen LogP contribution in [-0.4, -0.2) is 11.5 Å². The molecule has 0 saturated heterocycles. The van der Waals surface area contributed by atoms with E-state index < -0.39 is 0 Å². The molecule has 0 amide bonds. The third-order valence-electron chi connectivity index (χ3n) is 3.04. The molecule has 4 heteroatoms. The number of aromatic nitrogens is 1. The van der Waals surface area contributed by atoms with Crippen LogP contribution >= 0.6 is 11.6 Å². The molecule has 1 aromatic heterocycles. The molecule has 1 unspecified atom stereocenters. The lowest BCUT2D eigenvalue weighted by molar-refractivity contribution is 0.476. The van der Waals surface area contributed by atoms with E-state index in [0.29, 0.717) is 16.5 Å². The molecule has 0 aliphatic heterocycles. The van der Waals surface area contributed by atoms with Crippen LogP contribution in [0.5, 0.6) is 11.5 Å². The number of para-hydroxylation sites is 1. The number of nitrogens with zero attached hydrogens (tertiary/aromatic N) is 1. The summed E-state index contributed by atoms with van der Waals surface area (Å²) in [6.07, 6.45) is 2.74. The van der Waals surface area contributed by atoms with Gasteiger partial charge in [-0.25, -0.2) is 0 Å². The molecule has 1 N–H and O–H groups in total. The van der Waals surface area contributed by atoms with Gasteiger partial charge < -0.3 is 10.1 Å². The van der Waals surface area contributed by atoms with E-state index in [2.05, 4.69) is 24.1 Å². The van der Waals surface area contributed by atoms with E-state index in [1.165, 1.54) is 0 Å². The van der Waals surface area contributed by atoms with Crippen molar-refractivity contribution in [3.8, 4) is 11.5 Å². The maximum Gasteiger partial charge on any atom is 0.146 e. The van der Waals surface area contributed by atoms with Gasteiger partial charge in [0, 0.05) is 6.04 Å². The zero-order valence-corrected chi connectivity index (χ0v) is 12.5. The number of hydrogen-bond donors (Lipinski definition) is 1. The van der Waals surface area contributed by atoms with Gasteiger partial charge in [-0.3, -0.25) is 4.98 Å². The first-order valence-corrected chi connectivity index (χ1v) is 7.24. The number of pyridine rings is 1. The lowest BCUT2D eigenvalue weighted by Gasteiger charge is -2.15. The first-order chi connectivity index (χ1) is 9.74. The van der Waals surface area contributed by atoms with Gasteiger partial charge in [-0.15, -0.1) is 0 Å². The van der Waals surface area contributed by atoms with Gasteiger partial charge in [0.15, 0.2) is 0 Å². The summed E-state index contributed by atoms with van der Waals surface area (Å²) >= 11 is 6.06. The van der Waals surface area contributed by atoms with Crippen LogP contribution in [-0.2, 0) is 0 Å². The summed E-state index contributed by atoms with van der Waals surface area (Å²) in [5.41, 5.74) is 1.03. The molecule has 0 saturated carbocycles. The molecule has 2 rings (SSSR count). The van der Waals surface area contributed by atoms with E-state index in [1.807, 2.05) is 30.3 Å². The van der Waals surface area contributed by atoms with Gasteiger partial charge in [0.1, 0.15) is 11.5 Å². The van der Waals surface area contributed by atoms with E-state index in [1.54, 1.807) is 12.3 Å². The highest BCUT2D eigenvalue weighted by Crippen LogP contribution is 2.28. The van der Waals surface area contributed by atoms with Crippen LogP contribution in [0.4, 0.5) is 0 Å². The summed E-state index contributed by atoms with van der Waals surface area (Å²) in [6, 6.07) is 11.6. The third kappa shape index (κ3) is 3.71. The van der Waals surface area contributed by atoms with Crippen molar-refractivity contribution in [2.45, 2.75) is 26.3 Å². The number of benzene rings is 1. The zero-order chi connectivity index (χ0) is 14.4. The molecule has 0 aliphatic carbocycles. The van der Waals surface area contributed by atoms with Crippen molar-refractivity contribution in [3.05, 3.63) is 53.3 Å². The standard InChI is InChI=1S/C16H19ClN2O/c1-3-14(18-4-2)15-10-9-12(11-19-15)20-16-8-6-5-7-13(16)17/h5-11,14,18H,3-4H2,1-2H3. The van der Waals surface area contributed by atoms with Crippen LogP contribution < -0.4 is 10.1 Å². The molecular weight excluding hydrogens is 272 g/mol. The second-order valence-electron chi connectivity index (χ2n) is 4.47. The van der Waals surface area contributed by atoms with E-state index in [4.69, 9.17) is 16.3 Å². The molecule has 0 aliphatic rings. The van der Waals surface area contributed by atoms with E-state index >= 15 is 0 Å². The first-order valence-electron chi connectivity index (χ1n) is 6.86. The van der Waals surface area contributed by atoms with Gasteiger partial charge in [0.2, 0.25) is 0 Å². The predicted molar refractivity (Wildman–Crippen MR) is 82.5 cm³/mol. The van der Waals surface area contributed by atoms with Crippen LogP contribution in [0.2, 0.25) is 5.02 Å². The minimum absolute atomic E-state index is 0.286. The summed E-state index contributed by atoms with van der Waals surface area (Å²) in [6.45, 7) is 5.17. The average Bonchev–Trinajstić information content (AvgIpc) is 2.48. The molecule has 0 fully saturated rings. The van der Waals surface area contributed by atoms with Gasteiger partial charge >= 0.3 is 0 Å². The fourth-order valence-corrected chi connectivity index (χ4v) is 2.19. The summed E-state index contributed by atoms with van der Waals surface area (Å²) in [7, 11) is 0. The molecule has 3 nitrogen and oxygen atoms in total. The Morgan fingerprint density at radius 2 is 2.00 bits per heavy atom. The molecule has 0 spiro atoms. The quantitative estimate of drug-likeness (QED) is 0.845. The molecule has 0 bridgehead atoms. The Kier molecular flexibility index (Phi) is 5.39. The highest BCUT2D eigenvalue weighted by molar-refractivity contribution is 6.32. The van der Waals surface area contributed by atoms with Crippen LogP contribution in [0.25, 0.3) is 0 Å². The van der Waals surface area contributed by atoms with Gasteiger partial charge in [-0.2, -0.15) is 0 Å². The minimum Gasteiger partial charge on any atom is -0.454 e. The Morgan fingerprint density at radius 3 is 2.60 bits per heavy atom. The van der Waals surface area contributed by atoms with Gasteiger partial charge in [0.05, 0.1) is 16.9 Å². The Balaban J connectivity index is 2.10. The summed E-state index contributed by atoms with van der Waals surface area (Å²) < 4.78 is 5.72. The number of hydrogen-bond acceptors (Lipinski definition) is 3. The van der Waals surface area contributed by atoms with Crippen molar-refractivity contribution in [3.63, 3.8) is 0 Å². The Morgan fingerprint density at radius 1 is 1.20 bits per heavy atom. The average molecular weight is 291 g/mol. The molecule has 106 valence electrons. The molecule has 1 heterocycles. The predicted octanol–water partition coefficient (Wildman–Crippen LogP) is 4.59. The zero-order valence-electron chi connectivity index (χ0n) is 11.8. The van der Waals surface area contributed by atoms with Crippen molar-refractivity contribution in [2.24, 2.45) is 0 Å². The van der Waals surface area contributed by atoms with Gasteiger partial charge in [-0.05, 0) is 37.2 Å². The largest absolute Gasteiger partial charge is 0.454 e. The molecular formula is C16H19ClN2O. The maximum absolute atomic E-state index is 6.06. The Hall–Kier alpha value is -1.58. The van der Waals surface area contributed by atoms with E-state index in [-0.39, 0.29) is 6.04 Å². The molecule has 1 atom stereocenters. The monoisotopic (exact) mass is 290 g/mol. The Labute approximate surface area is 124 Å². The van der Waals surface area contributed by atoms with Crippen LogP contribution in [0.1, 0.15) is 32.0 Å². The number of nitrogens with one attached hydrogen (secondary N) is 1. The number of rotatable bonds is 6. The van der Waals surface area contributed by atoms with E-state index in [9.17, 15) is 0 Å². The van der Waals surface area contributed by atoms with Crippen LogP contribution in [0.3, 0.4) is 0 Å². The van der Waals surface area contributed by atoms with Crippen LogP contribution in [0, 0.1) is 0 Å². The first kappa shape index (κ1) is 14.8. The lowest BCUT2D eigenvalue weighted by atomic mass is 10.1. The molecule has 20 heavy (non-hydrogen) atoms.